The predicted molar refractivity (Wildman–Crippen MR) is 92.2 cm³/mol. The summed E-state index contributed by atoms with van der Waals surface area (Å²) in [6, 6.07) is 0. The average Bonchev–Trinajstić information content (AvgIpc) is 2.84. The zero-order valence-electron chi connectivity index (χ0n) is 15.1. The van der Waals surface area contributed by atoms with Crippen molar-refractivity contribution in [3.8, 4) is 0 Å². The molecule has 0 aromatic heterocycles. The second-order valence-corrected chi connectivity index (χ2v) is 8.76. The van der Waals surface area contributed by atoms with Crippen LogP contribution in [0.25, 0.3) is 0 Å². The lowest BCUT2D eigenvalue weighted by Gasteiger charge is -2.53. The summed E-state index contributed by atoms with van der Waals surface area (Å²) in [6.45, 7) is 6.20. The van der Waals surface area contributed by atoms with E-state index in [0.29, 0.717) is 24.0 Å². The number of ketones is 1. The average molecular weight is 328 g/mol. The van der Waals surface area contributed by atoms with Crippen molar-refractivity contribution in [3.63, 3.8) is 0 Å². The summed E-state index contributed by atoms with van der Waals surface area (Å²) in [6.07, 6.45) is 11.5. The first-order valence-corrected chi connectivity index (χ1v) is 9.46. The van der Waals surface area contributed by atoms with Gasteiger partial charge in [-0.3, -0.25) is 9.59 Å². The van der Waals surface area contributed by atoms with Gasteiger partial charge in [0.1, 0.15) is 6.10 Å². The maximum Gasteiger partial charge on any atom is 0.302 e. The molecule has 0 radical (unpaired) electrons. The van der Waals surface area contributed by atoms with Crippen LogP contribution in [-0.4, -0.2) is 17.9 Å². The van der Waals surface area contributed by atoms with E-state index in [-0.39, 0.29) is 22.9 Å². The Morgan fingerprint density at radius 3 is 2.75 bits per heavy atom. The van der Waals surface area contributed by atoms with Crippen molar-refractivity contribution in [1.82, 2.24) is 0 Å². The van der Waals surface area contributed by atoms with Gasteiger partial charge in [-0.1, -0.05) is 31.1 Å². The molecule has 4 aliphatic rings. The molecule has 5 atom stereocenters. The van der Waals surface area contributed by atoms with E-state index >= 15 is 0 Å². The van der Waals surface area contributed by atoms with Crippen molar-refractivity contribution in [3.05, 3.63) is 23.3 Å². The van der Waals surface area contributed by atoms with E-state index in [1.165, 1.54) is 12.5 Å². The molecular formula is C21H28O3. The first kappa shape index (κ1) is 16.1. The molecular weight excluding hydrogens is 300 g/mol. The molecule has 2 saturated carbocycles. The Bertz CT molecular complexity index is 658. The molecule has 130 valence electrons. The molecule has 0 heterocycles. The highest BCUT2D eigenvalue weighted by Crippen LogP contribution is 2.63. The first-order chi connectivity index (χ1) is 11.3. The van der Waals surface area contributed by atoms with Crippen LogP contribution < -0.4 is 0 Å². The van der Waals surface area contributed by atoms with Crippen molar-refractivity contribution in [2.24, 2.45) is 22.7 Å². The molecule has 0 saturated heterocycles. The molecule has 4 aliphatic carbocycles. The molecule has 0 spiro atoms. The largest absolute Gasteiger partial charge is 0.462 e. The highest BCUT2D eigenvalue weighted by molar-refractivity contribution is 5.92. The summed E-state index contributed by atoms with van der Waals surface area (Å²) < 4.78 is 5.69. The van der Waals surface area contributed by atoms with E-state index in [9.17, 15) is 9.59 Å². The molecule has 24 heavy (non-hydrogen) atoms. The Kier molecular flexibility index (Phi) is 3.56. The summed E-state index contributed by atoms with van der Waals surface area (Å²) in [7, 11) is 0. The number of fused-ring (bicyclic) bond motifs is 5. The molecule has 0 amide bonds. The van der Waals surface area contributed by atoms with E-state index in [1.54, 1.807) is 5.57 Å². The van der Waals surface area contributed by atoms with Crippen LogP contribution in [0.3, 0.4) is 0 Å². The Morgan fingerprint density at radius 2 is 2.00 bits per heavy atom. The summed E-state index contributed by atoms with van der Waals surface area (Å²) >= 11 is 0. The van der Waals surface area contributed by atoms with Crippen LogP contribution in [0.2, 0.25) is 0 Å². The van der Waals surface area contributed by atoms with Gasteiger partial charge < -0.3 is 4.74 Å². The highest BCUT2D eigenvalue weighted by Gasteiger charge is 2.56. The van der Waals surface area contributed by atoms with Crippen molar-refractivity contribution in [1.29, 1.82) is 0 Å². The number of allylic oxidation sites excluding steroid dienone is 4. The zero-order chi connectivity index (χ0) is 17.1. The normalized spacial score (nSPS) is 44.0. The first-order valence-electron chi connectivity index (χ1n) is 9.46. The number of carbonyl (C=O) groups is 2. The maximum atomic E-state index is 11.9. The molecule has 0 aliphatic heterocycles. The summed E-state index contributed by atoms with van der Waals surface area (Å²) in [5.74, 6) is 1.36. The summed E-state index contributed by atoms with van der Waals surface area (Å²) in [4.78, 5) is 23.3. The van der Waals surface area contributed by atoms with Gasteiger partial charge in [0.05, 0.1) is 0 Å². The summed E-state index contributed by atoms with van der Waals surface area (Å²) in [5.41, 5.74) is 3.12. The van der Waals surface area contributed by atoms with Gasteiger partial charge in [-0.05, 0) is 56.4 Å². The second kappa shape index (κ2) is 5.31. The van der Waals surface area contributed by atoms with E-state index in [1.807, 2.05) is 6.08 Å². The van der Waals surface area contributed by atoms with Crippen molar-refractivity contribution < 1.29 is 14.3 Å². The third-order valence-corrected chi connectivity index (χ3v) is 7.55. The van der Waals surface area contributed by atoms with Crippen molar-refractivity contribution in [2.75, 3.05) is 0 Å². The number of rotatable bonds is 1. The monoisotopic (exact) mass is 328 g/mol. The number of hydrogen-bond donors (Lipinski definition) is 0. The summed E-state index contributed by atoms with van der Waals surface area (Å²) in [5, 5.41) is 0. The van der Waals surface area contributed by atoms with Gasteiger partial charge in [0.25, 0.3) is 0 Å². The minimum absolute atomic E-state index is 0.0653. The molecule has 0 aromatic carbocycles. The Morgan fingerprint density at radius 1 is 1.21 bits per heavy atom. The number of esters is 1. The lowest BCUT2D eigenvalue weighted by Crippen LogP contribution is -2.46. The van der Waals surface area contributed by atoms with E-state index < -0.39 is 0 Å². The van der Waals surface area contributed by atoms with Gasteiger partial charge in [-0.25, -0.2) is 0 Å². The number of ether oxygens (including phenoxy) is 1. The van der Waals surface area contributed by atoms with Crippen LogP contribution in [0.1, 0.15) is 65.7 Å². The van der Waals surface area contributed by atoms with Crippen LogP contribution >= 0.6 is 0 Å². The van der Waals surface area contributed by atoms with E-state index in [2.05, 4.69) is 19.9 Å². The SMILES string of the molecule is CC(=O)OC1CCC2C3CCC4=CC(=O)CCC4(C)C3=CCC12C. The molecule has 3 nitrogen and oxygen atoms in total. The minimum Gasteiger partial charge on any atom is -0.462 e. The van der Waals surface area contributed by atoms with Gasteiger partial charge >= 0.3 is 5.97 Å². The van der Waals surface area contributed by atoms with Crippen molar-refractivity contribution >= 4 is 11.8 Å². The molecule has 0 bridgehead atoms. The van der Waals surface area contributed by atoms with E-state index in [4.69, 9.17) is 4.74 Å². The van der Waals surface area contributed by atoms with Crippen LogP contribution in [0.4, 0.5) is 0 Å². The van der Waals surface area contributed by atoms with Crippen LogP contribution in [0, 0.1) is 22.7 Å². The Labute approximate surface area is 144 Å². The number of hydrogen-bond acceptors (Lipinski definition) is 3. The van der Waals surface area contributed by atoms with Gasteiger partial charge in [0.15, 0.2) is 5.78 Å². The molecule has 5 unspecified atom stereocenters. The van der Waals surface area contributed by atoms with Crippen LogP contribution in [-0.2, 0) is 14.3 Å². The van der Waals surface area contributed by atoms with Gasteiger partial charge in [0.2, 0.25) is 0 Å². The minimum atomic E-state index is -0.150. The van der Waals surface area contributed by atoms with Crippen LogP contribution in [0.15, 0.2) is 23.3 Å². The van der Waals surface area contributed by atoms with Crippen LogP contribution in [0.5, 0.6) is 0 Å². The lowest BCUT2D eigenvalue weighted by atomic mass is 9.52. The number of carbonyl (C=O) groups excluding carboxylic acids is 2. The quantitative estimate of drug-likeness (QED) is 0.530. The third-order valence-electron chi connectivity index (χ3n) is 7.55. The molecule has 3 heteroatoms. The van der Waals surface area contributed by atoms with Gasteiger partial charge in [-0.2, -0.15) is 0 Å². The molecule has 0 N–H and O–H groups in total. The standard InChI is InChI=1S/C21H28O3/c1-13(22)24-19-7-6-17-16-5-4-14-12-15(23)8-10-20(14,2)18(16)9-11-21(17,19)3/h9,12,16-17,19H,4-8,10-11H2,1-3H3. The zero-order valence-corrected chi connectivity index (χ0v) is 15.1. The Hall–Kier alpha value is -1.38. The Balaban J connectivity index is 1.69. The maximum absolute atomic E-state index is 11.9. The fourth-order valence-electron chi connectivity index (χ4n) is 6.20. The fraction of sp³-hybridized carbons (Fsp3) is 0.714. The van der Waals surface area contributed by atoms with E-state index in [0.717, 1.165) is 38.5 Å². The van der Waals surface area contributed by atoms with Gasteiger partial charge in [-0.15, -0.1) is 0 Å². The van der Waals surface area contributed by atoms with Gasteiger partial charge in [0, 0.05) is 24.2 Å². The molecule has 2 fully saturated rings. The second-order valence-electron chi connectivity index (χ2n) is 8.76. The molecule has 0 aromatic rings. The smallest absolute Gasteiger partial charge is 0.302 e. The topological polar surface area (TPSA) is 43.4 Å². The van der Waals surface area contributed by atoms with Crippen molar-refractivity contribution in [2.45, 2.75) is 71.8 Å². The highest BCUT2D eigenvalue weighted by atomic mass is 16.5. The fourth-order valence-corrected chi connectivity index (χ4v) is 6.20. The lowest BCUT2D eigenvalue weighted by molar-refractivity contribution is -0.153. The molecule has 4 rings (SSSR count). The third kappa shape index (κ3) is 2.16. The predicted octanol–water partition coefficient (Wildman–Crippen LogP) is 4.37.